The van der Waals surface area contributed by atoms with Crippen LogP contribution in [-0.2, 0) is 23.9 Å². The zero-order chi connectivity index (χ0) is 18.6. The number of hydrogen-bond donors (Lipinski definition) is 1. The van der Waals surface area contributed by atoms with Crippen LogP contribution in [0, 0.1) is 0 Å². The van der Waals surface area contributed by atoms with Gasteiger partial charge in [0.2, 0.25) is 17.6 Å². The van der Waals surface area contributed by atoms with E-state index < -0.39 is 11.7 Å². The van der Waals surface area contributed by atoms with E-state index in [9.17, 15) is 18.0 Å². The lowest BCUT2D eigenvalue weighted by atomic mass is 10.1. The Hall–Kier alpha value is -2.68. The molecule has 26 heavy (non-hydrogen) atoms. The van der Waals surface area contributed by atoms with E-state index in [4.69, 9.17) is 4.52 Å². The zero-order valence-corrected chi connectivity index (χ0v) is 14.2. The lowest BCUT2D eigenvalue weighted by Gasteiger charge is -2.08. The van der Waals surface area contributed by atoms with Crippen molar-refractivity contribution in [3.63, 3.8) is 0 Å². The number of aromatic nitrogens is 2. The highest BCUT2D eigenvalue weighted by atomic mass is 32.1. The molecule has 136 valence electrons. The molecule has 1 N–H and O–H groups in total. The molecule has 0 aliphatic carbocycles. The van der Waals surface area contributed by atoms with Crippen molar-refractivity contribution in [3.05, 3.63) is 58.1 Å². The number of nitrogens with zero attached hydrogens (tertiary/aromatic N) is 2. The van der Waals surface area contributed by atoms with Gasteiger partial charge >= 0.3 is 6.18 Å². The minimum Gasteiger partial charge on any atom is -0.352 e. The number of hydrogen-bond acceptors (Lipinski definition) is 5. The molecule has 0 bridgehead atoms. The second-order valence-electron chi connectivity index (χ2n) is 5.50. The van der Waals surface area contributed by atoms with Crippen molar-refractivity contribution in [2.24, 2.45) is 0 Å². The Morgan fingerprint density at radius 2 is 1.96 bits per heavy atom. The minimum absolute atomic E-state index is 0.145. The molecule has 9 heteroatoms. The molecule has 1 aromatic carbocycles. The van der Waals surface area contributed by atoms with E-state index in [1.807, 2.05) is 16.8 Å². The van der Waals surface area contributed by atoms with Crippen molar-refractivity contribution in [2.75, 3.05) is 0 Å². The van der Waals surface area contributed by atoms with Crippen LogP contribution in [0.25, 0.3) is 11.4 Å². The largest absolute Gasteiger partial charge is 0.416 e. The predicted octanol–water partition coefficient (Wildman–Crippen LogP) is 4.07. The maximum absolute atomic E-state index is 12.5. The van der Waals surface area contributed by atoms with E-state index in [1.54, 1.807) is 0 Å². The fraction of sp³-hybridized carbons (Fsp3) is 0.235. The third-order valence-corrected chi connectivity index (χ3v) is 4.27. The fourth-order valence-corrected chi connectivity index (χ4v) is 2.82. The Morgan fingerprint density at radius 1 is 1.19 bits per heavy atom. The second kappa shape index (κ2) is 7.69. The number of carbonyl (C=O) groups excluding carboxylic acids is 1. The van der Waals surface area contributed by atoms with Gasteiger partial charge in [0, 0.05) is 30.3 Å². The monoisotopic (exact) mass is 381 g/mol. The van der Waals surface area contributed by atoms with Crippen molar-refractivity contribution in [3.8, 4) is 11.4 Å². The molecule has 0 radical (unpaired) electrons. The molecule has 0 aliphatic heterocycles. The molecule has 2 heterocycles. The summed E-state index contributed by atoms with van der Waals surface area (Å²) in [4.78, 5) is 16.1. The molecule has 0 fully saturated rings. The average molecular weight is 381 g/mol. The summed E-state index contributed by atoms with van der Waals surface area (Å²) in [5, 5.41) is 10.3. The average Bonchev–Trinajstić information content (AvgIpc) is 3.29. The highest BCUT2D eigenvalue weighted by Crippen LogP contribution is 2.29. The smallest absolute Gasteiger partial charge is 0.352 e. The molecule has 0 spiro atoms. The van der Waals surface area contributed by atoms with Crippen molar-refractivity contribution in [1.82, 2.24) is 15.5 Å². The van der Waals surface area contributed by atoms with Gasteiger partial charge in [-0.05, 0) is 29.1 Å². The Balaban J connectivity index is 1.46. The molecule has 2 aromatic heterocycles. The number of benzene rings is 1. The predicted molar refractivity (Wildman–Crippen MR) is 89.2 cm³/mol. The molecule has 5 nitrogen and oxygen atoms in total. The zero-order valence-electron chi connectivity index (χ0n) is 13.4. The number of alkyl halides is 3. The van der Waals surface area contributed by atoms with Crippen molar-refractivity contribution in [1.29, 1.82) is 0 Å². The van der Waals surface area contributed by atoms with Crippen LogP contribution in [0.3, 0.4) is 0 Å². The number of aryl methyl sites for hydroxylation is 1. The van der Waals surface area contributed by atoms with E-state index >= 15 is 0 Å². The van der Waals surface area contributed by atoms with Gasteiger partial charge in [-0.25, -0.2) is 0 Å². The molecular weight excluding hydrogens is 367 g/mol. The van der Waals surface area contributed by atoms with Gasteiger partial charge in [-0.15, -0.1) is 0 Å². The molecular formula is C17H14F3N3O2S. The summed E-state index contributed by atoms with van der Waals surface area (Å²) in [6, 6.07) is 6.54. The van der Waals surface area contributed by atoms with Crippen LogP contribution >= 0.6 is 11.3 Å². The van der Waals surface area contributed by atoms with Crippen LogP contribution in [0.5, 0.6) is 0 Å². The van der Waals surface area contributed by atoms with Crippen LogP contribution in [0.4, 0.5) is 13.2 Å². The van der Waals surface area contributed by atoms with Crippen molar-refractivity contribution < 1.29 is 22.5 Å². The van der Waals surface area contributed by atoms with Crippen LogP contribution in [0.2, 0.25) is 0 Å². The standard InChI is InChI=1S/C17H14F3N3O2S/c18-17(19,20)13-3-1-11(2-4-13)9-21-14(24)5-6-15-22-16(23-25-15)12-7-8-26-10-12/h1-4,7-8,10H,5-6,9H2,(H,21,24). The second-order valence-corrected chi connectivity index (χ2v) is 6.28. The highest BCUT2D eigenvalue weighted by Gasteiger charge is 2.29. The Kier molecular flexibility index (Phi) is 5.36. The van der Waals surface area contributed by atoms with Crippen molar-refractivity contribution in [2.45, 2.75) is 25.6 Å². The van der Waals surface area contributed by atoms with Gasteiger partial charge in [-0.3, -0.25) is 4.79 Å². The molecule has 0 aliphatic rings. The normalized spacial score (nSPS) is 11.5. The third kappa shape index (κ3) is 4.69. The van der Waals surface area contributed by atoms with E-state index in [-0.39, 0.29) is 25.3 Å². The summed E-state index contributed by atoms with van der Waals surface area (Å²) < 4.78 is 42.6. The van der Waals surface area contributed by atoms with Gasteiger partial charge in [0.1, 0.15) is 0 Å². The van der Waals surface area contributed by atoms with Gasteiger partial charge in [0.15, 0.2) is 0 Å². The van der Waals surface area contributed by atoms with E-state index in [2.05, 4.69) is 15.5 Å². The first-order chi connectivity index (χ1) is 12.4. The van der Waals surface area contributed by atoms with Gasteiger partial charge in [0.05, 0.1) is 5.56 Å². The van der Waals surface area contributed by atoms with E-state index in [0.717, 1.165) is 17.7 Å². The maximum Gasteiger partial charge on any atom is 0.416 e. The van der Waals surface area contributed by atoms with Gasteiger partial charge in [-0.1, -0.05) is 17.3 Å². The number of rotatable bonds is 6. The first kappa shape index (κ1) is 18.1. The van der Waals surface area contributed by atoms with Gasteiger partial charge in [-0.2, -0.15) is 29.5 Å². The number of nitrogens with one attached hydrogen (secondary N) is 1. The van der Waals surface area contributed by atoms with Crippen LogP contribution in [0.15, 0.2) is 45.6 Å². The van der Waals surface area contributed by atoms with Crippen LogP contribution < -0.4 is 5.32 Å². The Morgan fingerprint density at radius 3 is 2.62 bits per heavy atom. The molecule has 0 atom stereocenters. The van der Waals surface area contributed by atoms with E-state index in [0.29, 0.717) is 17.3 Å². The van der Waals surface area contributed by atoms with Crippen LogP contribution in [-0.4, -0.2) is 16.0 Å². The Bertz CT molecular complexity index is 858. The van der Waals surface area contributed by atoms with Crippen molar-refractivity contribution >= 4 is 17.2 Å². The lowest BCUT2D eigenvalue weighted by molar-refractivity contribution is -0.137. The molecule has 0 saturated carbocycles. The fourth-order valence-electron chi connectivity index (χ4n) is 2.19. The van der Waals surface area contributed by atoms with E-state index in [1.165, 1.54) is 23.5 Å². The minimum atomic E-state index is -4.37. The third-order valence-electron chi connectivity index (χ3n) is 3.58. The SMILES string of the molecule is O=C(CCc1nc(-c2ccsc2)no1)NCc1ccc(C(F)(F)F)cc1. The summed E-state index contributed by atoms with van der Waals surface area (Å²) in [7, 11) is 0. The molecule has 1 amide bonds. The number of thiophene rings is 1. The number of amides is 1. The lowest BCUT2D eigenvalue weighted by Crippen LogP contribution is -2.23. The van der Waals surface area contributed by atoms with Crippen LogP contribution in [0.1, 0.15) is 23.4 Å². The maximum atomic E-state index is 12.5. The summed E-state index contributed by atoms with van der Waals surface area (Å²) in [5.41, 5.74) is 0.728. The summed E-state index contributed by atoms with van der Waals surface area (Å²) in [6.45, 7) is 0.154. The number of halogens is 3. The highest BCUT2D eigenvalue weighted by molar-refractivity contribution is 7.08. The molecule has 3 aromatic rings. The van der Waals surface area contributed by atoms with Gasteiger partial charge in [0.25, 0.3) is 0 Å². The topological polar surface area (TPSA) is 68.0 Å². The van der Waals surface area contributed by atoms with Gasteiger partial charge < -0.3 is 9.84 Å². The molecule has 3 rings (SSSR count). The summed E-state index contributed by atoms with van der Waals surface area (Å²) >= 11 is 1.52. The number of carbonyl (C=O) groups is 1. The molecule has 0 saturated heterocycles. The first-order valence-electron chi connectivity index (χ1n) is 7.70. The first-order valence-corrected chi connectivity index (χ1v) is 8.64. The molecule has 0 unspecified atom stereocenters. The summed E-state index contributed by atoms with van der Waals surface area (Å²) in [5.74, 6) is 0.586. The quantitative estimate of drug-likeness (QED) is 0.699. The summed E-state index contributed by atoms with van der Waals surface area (Å²) in [6.07, 6.45) is -3.93. The Labute approximate surface area is 150 Å².